The average Bonchev–Trinajstić information content (AvgIpc) is 2.70. The van der Waals surface area contributed by atoms with E-state index in [4.69, 9.17) is 0 Å². The van der Waals surface area contributed by atoms with Crippen LogP contribution >= 0.6 is 0 Å². The van der Waals surface area contributed by atoms with E-state index in [1.165, 1.54) is 43.5 Å². The van der Waals surface area contributed by atoms with E-state index in [0.29, 0.717) is 11.3 Å². The van der Waals surface area contributed by atoms with Crippen molar-refractivity contribution in [2.45, 2.75) is 6.92 Å². The molecule has 1 heterocycles. The van der Waals surface area contributed by atoms with E-state index >= 15 is 0 Å². The number of amides is 2. The van der Waals surface area contributed by atoms with E-state index in [-0.39, 0.29) is 22.7 Å². The first-order chi connectivity index (χ1) is 13.4. The van der Waals surface area contributed by atoms with E-state index in [2.05, 4.69) is 15.6 Å². The number of nitrogens with one attached hydrogen (secondary N) is 2. The van der Waals surface area contributed by atoms with Crippen LogP contribution in [0.5, 0.6) is 0 Å². The summed E-state index contributed by atoms with van der Waals surface area (Å²) in [6.45, 7) is 1.45. The maximum atomic E-state index is 13.7. The molecule has 2 aromatic carbocycles. The summed E-state index contributed by atoms with van der Waals surface area (Å²) in [5.41, 5.74) is 1.24. The molecule has 0 aliphatic heterocycles. The Morgan fingerprint density at radius 1 is 0.857 bits per heavy atom. The molecule has 0 radical (unpaired) electrons. The number of benzene rings is 2. The second-order valence-electron chi connectivity index (χ2n) is 5.95. The SMILES string of the molecule is CC(=O)c1ccc(NC(=O)c2cc(C(=O)Nc3ccccc3F)ccn2)cc1. The summed E-state index contributed by atoms with van der Waals surface area (Å²) in [4.78, 5) is 40.0. The molecule has 2 amide bonds. The molecule has 0 fully saturated rings. The lowest BCUT2D eigenvalue weighted by atomic mass is 10.1. The highest BCUT2D eigenvalue weighted by molar-refractivity contribution is 6.08. The molecule has 0 bridgehead atoms. The summed E-state index contributed by atoms with van der Waals surface area (Å²) in [5.74, 6) is -1.71. The molecule has 0 aliphatic carbocycles. The summed E-state index contributed by atoms with van der Waals surface area (Å²) in [6.07, 6.45) is 1.32. The zero-order chi connectivity index (χ0) is 20.1. The quantitative estimate of drug-likeness (QED) is 0.660. The number of ketones is 1. The van der Waals surface area contributed by atoms with Gasteiger partial charge in [-0.05, 0) is 55.5 Å². The van der Waals surface area contributed by atoms with Crippen LogP contribution in [-0.4, -0.2) is 22.6 Å². The highest BCUT2D eigenvalue weighted by Gasteiger charge is 2.14. The van der Waals surface area contributed by atoms with Crippen LogP contribution in [0.4, 0.5) is 15.8 Å². The Labute approximate surface area is 160 Å². The van der Waals surface area contributed by atoms with Gasteiger partial charge in [-0.2, -0.15) is 0 Å². The summed E-state index contributed by atoms with van der Waals surface area (Å²) >= 11 is 0. The third-order valence-corrected chi connectivity index (χ3v) is 3.93. The Kier molecular flexibility index (Phi) is 5.55. The lowest BCUT2D eigenvalue weighted by molar-refractivity contribution is 0.101. The van der Waals surface area contributed by atoms with Crippen molar-refractivity contribution in [3.63, 3.8) is 0 Å². The Morgan fingerprint density at radius 3 is 2.25 bits per heavy atom. The molecule has 140 valence electrons. The maximum absolute atomic E-state index is 13.7. The number of nitrogens with zero attached hydrogens (tertiary/aromatic N) is 1. The first-order valence-electron chi connectivity index (χ1n) is 8.38. The van der Waals surface area contributed by atoms with Crippen LogP contribution in [0.1, 0.15) is 38.1 Å². The van der Waals surface area contributed by atoms with Crippen LogP contribution in [0.15, 0.2) is 66.9 Å². The van der Waals surface area contributed by atoms with Gasteiger partial charge in [0, 0.05) is 23.0 Å². The third-order valence-electron chi connectivity index (χ3n) is 3.93. The van der Waals surface area contributed by atoms with Gasteiger partial charge in [0.1, 0.15) is 11.5 Å². The number of pyridine rings is 1. The molecule has 0 saturated heterocycles. The molecular formula is C21H16FN3O3. The predicted octanol–water partition coefficient (Wildman–Crippen LogP) is 3.93. The number of carbonyl (C=O) groups is 3. The molecule has 0 aliphatic rings. The van der Waals surface area contributed by atoms with Crippen molar-refractivity contribution in [1.82, 2.24) is 4.98 Å². The van der Waals surface area contributed by atoms with Crippen LogP contribution < -0.4 is 10.6 Å². The fourth-order valence-corrected chi connectivity index (χ4v) is 2.44. The van der Waals surface area contributed by atoms with Crippen LogP contribution in [0, 0.1) is 5.82 Å². The number of hydrogen-bond acceptors (Lipinski definition) is 4. The van der Waals surface area contributed by atoms with E-state index in [0.717, 1.165) is 0 Å². The van der Waals surface area contributed by atoms with Gasteiger partial charge in [0.05, 0.1) is 5.69 Å². The number of hydrogen-bond donors (Lipinski definition) is 2. The normalized spacial score (nSPS) is 10.2. The minimum atomic E-state index is -0.563. The summed E-state index contributed by atoms with van der Waals surface area (Å²) in [7, 11) is 0. The molecule has 3 rings (SSSR count). The molecule has 28 heavy (non-hydrogen) atoms. The van der Waals surface area contributed by atoms with Crippen LogP contribution in [0.25, 0.3) is 0 Å². The number of halogens is 1. The number of para-hydroxylation sites is 1. The molecule has 7 heteroatoms. The fourth-order valence-electron chi connectivity index (χ4n) is 2.44. The van der Waals surface area contributed by atoms with Gasteiger partial charge in [-0.25, -0.2) is 4.39 Å². The zero-order valence-corrected chi connectivity index (χ0v) is 14.9. The lowest BCUT2D eigenvalue weighted by Gasteiger charge is -2.08. The predicted molar refractivity (Wildman–Crippen MR) is 103 cm³/mol. The van der Waals surface area contributed by atoms with E-state index in [1.54, 1.807) is 30.3 Å². The smallest absolute Gasteiger partial charge is 0.274 e. The molecular weight excluding hydrogens is 361 g/mol. The first-order valence-corrected chi connectivity index (χ1v) is 8.38. The lowest BCUT2D eigenvalue weighted by Crippen LogP contribution is -2.17. The fraction of sp³-hybridized carbons (Fsp3) is 0.0476. The van der Waals surface area contributed by atoms with E-state index < -0.39 is 17.6 Å². The van der Waals surface area contributed by atoms with Crippen molar-refractivity contribution in [3.8, 4) is 0 Å². The highest BCUT2D eigenvalue weighted by Crippen LogP contribution is 2.15. The average molecular weight is 377 g/mol. The third kappa shape index (κ3) is 4.45. The van der Waals surface area contributed by atoms with Gasteiger partial charge in [-0.3, -0.25) is 19.4 Å². The molecule has 0 unspecified atom stereocenters. The van der Waals surface area contributed by atoms with Gasteiger partial charge in [-0.1, -0.05) is 12.1 Å². The van der Waals surface area contributed by atoms with E-state index in [1.807, 2.05) is 0 Å². The number of rotatable bonds is 5. The topological polar surface area (TPSA) is 88.2 Å². The van der Waals surface area contributed by atoms with Gasteiger partial charge >= 0.3 is 0 Å². The summed E-state index contributed by atoms with van der Waals surface area (Å²) in [6, 6.07) is 14.9. The molecule has 6 nitrogen and oxygen atoms in total. The number of aromatic nitrogens is 1. The minimum Gasteiger partial charge on any atom is -0.321 e. The molecule has 2 N–H and O–H groups in total. The van der Waals surface area contributed by atoms with E-state index in [9.17, 15) is 18.8 Å². The van der Waals surface area contributed by atoms with Crippen molar-refractivity contribution in [3.05, 3.63) is 89.5 Å². The van der Waals surface area contributed by atoms with Gasteiger partial charge in [-0.15, -0.1) is 0 Å². The van der Waals surface area contributed by atoms with Gasteiger partial charge in [0.15, 0.2) is 5.78 Å². The summed E-state index contributed by atoms with van der Waals surface area (Å²) < 4.78 is 13.7. The zero-order valence-electron chi connectivity index (χ0n) is 14.9. The molecule has 3 aromatic rings. The second-order valence-corrected chi connectivity index (χ2v) is 5.95. The highest BCUT2D eigenvalue weighted by atomic mass is 19.1. The maximum Gasteiger partial charge on any atom is 0.274 e. The van der Waals surface area contributed by atoms with Crippen molar-refractivity contribution in [1.29, 1.82) is 0 Å². The Morgan fingerprint density at radius 2 is 1.57 bits per heavy atom. The number of Topliss-reactive ketones (excluding diaryl/α,β-unsaturated/α-hetero) is 1. The molecule has 0 saturated carbocycles. The van der Waals surface area contributed by atoms with Gasteiger partial charge in [0.25, 0.3) is 11.8 Å². The number of anilines is 2. The van der Waals surface area contributed by atoms with Crippen molar-refractivity contribution in [2.75, 3.05) is 10.6 Å². The molecule has 1 aromatic heterocycles. The van der Waals surface area contributed by atoms with Crippen molar-refractivity contribution >= 4 is 29.0 Å². The molecule has 0 spiro atoms. The van der Waals surface area contributed by atoms with Gasteiger partial charge in [0.2, 0.25) is 0 Å². The Balaban J connectivity index is 1.73. The van der Waals surface area contributed by atoms with Crippen LogP contribution in [0.2, 0.25) is 0 Å². The monoisotopic (exact) mass is 377 g/mol. The number of carbonyl (C=O) groups excluding carboxylic acids is 3. The van der Waals surface area contributed by atoms with Crippen molar-refractivity contribution < 1.29 is 18.8 Å². The summed E-state index contributed by atoms with van der Waals surface area (Å²) in [5, 5.41) is 5.10. The second kappa shape index (κ2) is 8.22. The molecule has 0 atom stereocenters. The Bertz CT molecular complexity index is 1050. The standard InChI is InChI=1S/C21H16FN3O3/c1-13(26)14-6-8-16(9-7-14)24-21(28)19-12-15(10-11-23-19)20(27)25-18-5-3-2-4-17(18)22/h2-12H,1H3,(H,24,28)(H,25,27). The Hall–Kier alpha value is -3.87. The largest absolute Gasteiger partial charge is 0.321 e. The van der Waals surface area contributed by atoms with Crippen LogP contribution in [-0.2, 0) is 0 Å². The van der Waals surface area contributed by atoms with Gasteiger partial charge < -0.3 is 10.6 Å². The van der Waals surface area contributed by atoms with Crippen LogP contribution in [0.3, 0.4) is 0 Å². The van der Waals surface area contributed by atoms with Crippen molar-refractivity contribution in [2.24, 2.45) is 0 Å². The minimum absolute atomic E-state index is 0.0248. The first kappa shape index (κ1) is 18.9.